The molecule has 1 aliphatic rings. The molecule has 1 aromatic carbocycles. The number of fused-ring (bicyclic) bond motifs is 1. The molecular weight excluding hydrogens is 443 g/mol. The van der Waals surface area contributed by atoms with Gasteiger partial charge in [-0.3, -0.25) is 9.88 Å². The van der Waals surface area contributed by atoms with Crippen molar-refractivity contribution in [1.29, 1.82) is 0 Å². The minimum Gasteiger partial charge on any atom is -0.359 e. The molecule has 0 saturated carbocycles. The Balaban J connectivity index is 1.38. The number of piperidine rings is 1. The SMILES string of the molecule is Cc1cc(NC(=O)Nc2c[nH]c3ccc(Cl)cc23)cnc1C1CCN(C(F)C(F)F)CC1. The summed E-state index contributed by atoms with van der Waals surface area (Å²) in [7, 11) is 0. The normalized spacial score (nSPS) is 16.4. The maximum absolute atomic E-state index is 13.5. The van der Waals surface area contributed by atoms with Crippen LogP contribution < -0.4 is 10.6 Å². The molecule has 1 atom stereocenters. The van der Waals surface area contributed by atoms with Gasteiger partial charge in [-0.15, -0.1) is 0 Å². The molecule has 0 radical (unpaired) electrons. The van der Waals surface area contributed by atoms with Gasteiger partial charge in [0.15, 0.2) is 0 Å². The van der Waals surface area contributed by atoms with Gasteiger partial charge >= 0.3 is 6.03 Å². The Morgan fingerprint density at radius 2 is 1.97 bits per heavy atom. The van der Waals surface area contributed by atoms with Crippen molar-refractivity contribution >= 4 is 39.9 Å². The van der Waals surface area contributed by atoms with Crippen LogP contribution in [0.1, 0.15) is 30.0 Å². The van der Waals surface area contributed by atoms with E-state index in [1.165, 1.54) is 4.90 Å². The molecule has 4 rings (SSSR count). The second kappa shape index (κ2) is 9.38. The number of urea groups is 1. The standard InChI is InChI=1S/C22H23ClF3N5O/c1-12-8-15(10-28-19(12)13-4-6-31(7-5-13)21(26)20(24)25)29-22(32)30-18-11-27-17-3-2-14(23)9-16(17)18/h2-3,8-11,13,20-21,27H,4-7H2,1H3,(H2,29,30,32). The molecule has 0 spiro atoms. The Labute approximate surface area is 188 Å². The van der Waals surface area contributed by atoms with E-state index in [4.69, 9.17) is 11.6 Å². The molecule has 6 nitrogen and oxygen atoms in total. The van der Waals surface area contributed by atoms with Gasteiger partial charge in [-0.05, 0) is 49.6 Å². The molecule has 10 heteroatoms. The summed E-state index contributed by atoms with van der Waals surface area (Å²) in [6, 6.07) is 6.75. The fourth-order valence-corrected chi connectivity index (χ4v) is 4.31. The lowest BCUT2D eigenvalue weighted by atomic mass is 9.90. The summed E-state index contributed by atoms with van der Waals surface area (Å²) < 4.78 is 38.7. The molecule has 1 aliphatic heterocycles. The molecule has 2 aromatic heterocycles. The van der Waals surface area contributed by atoms with Crippen LogP contribution >= 0.6 is 11.6 Å². The zero-order valence-electron chi connectivity index (χ0n) is 17.3. The van der Waals surface area contributed by atoms with Crippen LogP contribution in [0.25, 0.3) is 10.9 Å². The summed E-state index contributed by atoms with van der Waals surface area (Å²) in [6.07, 6.45) is -0.852. The highest BCUT2D eigenvalue weighted by Crippen LogP contribution is 2.31. The number of anilines is 2. The Hall–Kier alpha value is -2.78. The van der Waals surface area contributed by atoms with E-state index < -0.39 is 18.8 Å². The molecule has 3 N–H and O–H groups in total. The Bertz CT molecular complexity index is 1110. The summed E-state index contributed by atoms with van der Waals surface area (Å²) in [4.78, 5) is 21.2. The van der Waals surface area contributed by atoms with Gasteiger partial charge in [-0.25, -0.2) is 18.0 Å². The lowest BCUT2D eigenvalue weighted by molar-refractivity contribution is -0.0576. The van der Waals surface area contributed by atoms with E-state index in [0.717, 1.165) is 22.2 Å². The van der Waals surface area contributed by atoms with Gasteiger partial charge in [0.05, 0.1) is 17.6 Å². The number of benzene rings is 1. The predicted octanol–water partition coefficient (Wildman–Crippen LogP) is 5.91. The number of amides is 2. The van der Waals surface area contributed by atoms with Gasteiger partial charge in [0.1, 0.15) is 0 Å². The smallest absolute Gasteiger partial charge is 0.323 e. The van der Waals surface area contributed by atoms with Crippen molar-refractivity contribution in [3.05, 3.63) is 52.9 Å². The number of rotatable bonds is 5. The van der Waals surface area contributed by atoms with Crippen LogP contribution in [0.5, 0.6) is 0 Å². The average molecular weight is 466 g/mol. The molecule has 2 amide bonds. The maximum Gasteiger partial charge on any atom is 0.323 e. The van der Waals surface area contributed by atoms with Crippen molar-refractivity contribution in [2.45, 2.75) is 38.4 Å². The van der Waals surface area contributed by atoms with E-state index in [9.17, 15) is 18.0 Å². The van der Waals surface area contributed by atoms with Gasteiger partial charge in [0, 0.05) is 46.8 Å². The molecule has 3 heterocycles. The third-order valence-corrected chi connectivity index (χ3v) is 5.98. The molecule has 170 valence electrons. The van der Waals surface area contributed by atoms with Crippen molar-refractivity contribution < 1.29 is 18.0 Å². The molecule has 32 heavy (non-hydrogen) atoms. The minimum absolute atomic E-state index is 0.0648. The van der Waals surface area contributed by atoms with Crippen LogP contribution in [0, 0.1) is 6.92 Å². The highest BCUT2D eigenvalue weighted by atomic mass is 35.5. The van der Waals surface area contributed by atoms with E-state index in [2.05, 4.69) is 20.6 Å². The van der Waals surface area contributed by atoms with E-state index in [1.54, 1.807) is 24.5 Å². The summed E-state index contributed by atoms with van der Waals surface area (Å²) in [5, 5.41) is 6.92. The fourth-order valence-electron chi connectivity index (χ4n) is 4.14. The van der Waals surface area contributed by atoms with Gasteiger partial charge in [-0.1, -0.05) is 11.6 Å². The number of carbonyl (C=O) groups is 1. The van der Waals surface area contributed by atoms with E-state index in [-0.39, 0.29) is 19.0 Å². The number of nitrogens with one attached hydrogen (secondary N) is 3. The number of likely N-dealkylation sites (tertiary alicyclic amines) is 1. The number of H-pyrrole nitrogens is 1. The first-order valence-electron chi connectivity index (χ1n) is 10.3. The first-order valence-corrected chi connectivity index (χ1v) is 10.7. The highest BCUT2D eigenvalue weighted by Gasteiger charge is 2.31. The number of aromatic amines is 1. The van der Waals surface area contributed by atoms with Crippen LogP contribution in [-0.2, 0) is 0 Å². The first kappa shape index (κ1) is 22.4. The summed E-state index contributed by atoms with van der Waals surface area (Å²) in [6.45, 7) is 2.40. The minimum atomic E-state index is -3.00. The number of hydrogen-bond acceptors (Lipinski definition) is 3. The molecule has 3 aromatic rings. The number of pyridine rings is 1. The average Bonchev–Trinajstić information content (AvgIpc) is 3.15. The van der Waals surface area contributed by atoms with E-state index >= 15 is 0 Å². The van der Waals surface area contributed by atoms with Crippen molar-refractivity contribution in [3.63, 3.8) is 0 Å². The molecule has 1 fully saturated rings. The number of halogens is 4. The van der Waals surface area contributed by atoms with Crippen LogP contribution in [0.4, 0.5) is 29.3 Å². The number of hydrogen-bond donors (Lipinski definition) is 3. The lowest BCUT2D eigenvalue weighted by Gasteiger charge is -2.33. The lowest BCUT2D eigenvalue weighted by Crippen LogP contribution is -2.42. The molecular formula is C22H23ClF3N5O. The zero-order valence-corrected chi connectivity index (χ0v) is 18.1. The van der Waals surface area contributed by atoms with E-state index in [0.29, 0.717) is 29.2 Å². The summed E-state index contributed by atoms with van der Waals surface area (Å²) >= 11 is 6.04. The van der Waals surface area contributed by atoms with Crippen LogP contribution in [0.3, 0.4) is 0 Å². The second-order valence-electron chi connectivity index (χ2n) is 7.91. The highest BCUT2D eigenvalue weighted by molar-refractivity contribution is 6.31. The Morgan fingerprint density at radius 1 is 1.22 bits per heavy atom. The van der Waals surface area contributed by atoms with Gasteiger partial charge in [0.2, 0.25) is 6.30 Å². The fraction of sp³-hybridized carbons (Fsp3) is 0.364. The number of alkyl halides is 3. The van der Waals surface area contributed by atoms with Crippen molar-refractivity contribution in [3.8, 4) is 0 Å². The third-order valence-electron chi connectivity index (χ3n) is 5.74. The van der Waals surface area contributed by atoms with E-state index in [1.807, 2.05) is 19.1 Å². The quantitative estimate of drug-likeness (QED) is 0.410. The monoisotopic (exact) mass is 465 g/mol. The number of carbonyl (C=O) groups excluding carboxylic acids is 1. The molecule has 0 bridgehead atoms. The zero-order chi connectivity index (χ0) is 22.8. The second-order valence-corrected chi connectivity index (χ2v) is 8.35. The largest absolute Gasteiger partial charge is 0.359 e. The van der Waals surface area contributed by atoms with Gasteiger partial charge in [-0.2, -0.15) is 0 Å². The van der Waals surface area contributed by atoms with Crippen LogP contribution in [-0.4, -0.2) is 46.7 Å². The van der Waals surface area contributed by atoms with Gasteiger partial charge in [0.25, 0.3) is 6.43 Å². The number of aryl methyl sites for hydroxylation is 1. The Kier molecular flexibility index (Phi) is 6.57. The van der Waals surface area contributed by atoms with Crippen LogP contribution in [0.2, 0.25) is 5.02 Å². The first-order chi connectivity index (χ1) is 15.3. The summed E-state index contributed by atoms with van der Waals surface area (Å²) in [5.41, 5.74) is 3.70. The number of aromatic nitrogens is 2. The molecule has 0 aliphatic carbocycles. The predicted molar refractivity (Wildman–Crippen MR) is 119 cm³/mol. The molecule has 1 saturated heterocycles. The maximum atomic E-state index is 13.5. The third kappa shape index (κ3) is 4.83. The van der Waals surface area contributed by atoms with Crippen molar-refractivity contribution in [1.82, 2.24) is 14.9 Å². The van der Waals surface area contributed by atoms with Crippen molar-refractivity contribution in [2.75, 3.05) is 23.7 Å². The van der Waals surface area contributed by atoms with Crippen molar-refractivity contribution in [2.24, 2.45) is 0 Å². The summed E-state index contributed by atoms with van der Waals surface area (Å²) in [5.74, 6) is 0.0648. The topological polar surface area (TPSA) is 73.0 Å². The van der Waals surface area contributed by atoms with Crippen LogP contribution in [0.15, 0.2) is 36.7 Å². The Morgan fingerprint density at radius 3 is 2.66 bits per heavy atom. The molecule has 1 unspecified atom stereocenters. The number of nitrogens with zero attached hydrogens (tertiary/aromatic N) is 2. The van der Waals surface area contributed by atoms with Gasteiger partial charge < -0.3 is 15.6 Å².